The highest BCUT2D eigenvalue weighted by Crippen LogP contribution is 2.35. The fourth-order valence-electron chi connectivity index (χ4n) is 4.74. The minimum Gasteiger partial charge on any atom is -0.481 e. The van der Waals surface area contributed by atoms with E-state index in [1.807, 2.05) is 30.3 Å². The number of carboxylic acid groups (broad SMARTS) is 1. The van der Waals surface area contributed by atoms with Gasteiger partial charge in [-0.05, 0) is 62.7 Å². The Labute approximate surface area is 191 Å². The van der Waals surface area contributed by atoms with Gasteiger partial charge in [0.05, 0.1) is 18.0 Å². The molecule has 8 nitrogen and oxygen atoms in total. The summed E-state index contributed by atoms with van der Waals surface area (Å²) in [5.41, 5.74) is 5.96. The largest absolute Gasteiger partial charge is 0.481 e. The first-order chi connectivity index (χ1) is 16.1. The van der Waals surface area contributed by atoms with Crippen LogP contribution in [-0.4, -0.2) is 45.8 Å². The van der Waals surface area contributed by atoms with Crippen molar-refractivity contribution >= 4 is 22.6 Å². The Morgan fingerprint density at radius 1 is 1.21 bits per heavy atom. The summed E-state index contributed by atoms with van der Waals surface area (Å²) in [4.78, 5) is 21.7. The van der Waals surface area contributed by atoms with Crippen LogP contribution in [0.15, 0.2) is 47.0 Å². The molecule has 0 saturated heterocycles. The van der Waals surface area contributed by atoms with Crippen molar-refractivity contribution in [2.45, 2.75) is 32.7 Å². The van der Waals surface area contributed by atoms with Gasteiger partial charge in [-0.3, -0.25) is 4.79 Å². The minimum atomic E-state index is -0.816. The van der Waals surface area contributed by atoms with Crippen LogP contribution in [0.4, 0.5) is 5.69 Å². The average Bonchev–Trinajstić information content (AvgIpc) is 3.45. The predicted octanol–water partition coefficient (Wildman–Crippen LogP) is 4.39. The zero-order chi connectivity index (χ0) is 22.9. The van der Waals surface area contributed by atoms with Crippen molar-refractivity contribution in [2.24, 2.45) is 0 Å². The van der Waals surface area contributed by atoms with Crippen molar-refractivity contribution in [3.63, 3.8) is 0 Å². The number of hydrogen-bond donors (Lipinski definition) is 3. The lowest BCUT2D eigenvalue weighted by molar-refractivity contribution is -0.137. The van der Waals surface area contributed by atoms with Crippen LogP contribution in [0.3, 0.4) is 0 Å². The Kier molecular flexibility index (Phi) is 5.60. The summed E-state index contributed by atoms with van der Waals surface area (Å²) in [5.74, 6) is 0.214. The van der Waals surface area contributed by atoms with E-state index >= 15 is 0 Å². The van der Waals surface area contributed by atoms with E-state index in [9.17, 15) is 9.90 Å². The van der Waals surface area contributed by atoms with Gasteiger partial charge in [-0.1, -0.05) is 17.3 Å². The second-order valence-electron chi connectivity index (χ2n) is 8.24. The number of carbonyl (C=O) groups is 1. The third-order valence-corrected chi connectivity index (χ3v) is 6.35. The molecule has 0 saturated carbocycles. The summed E-state index contributed by atoms with van der Waals surface area (Å²) in [6.07, 6.45) is 0.885. The number of aliphatic carboxylic acids is 1. The molecular formula is C25H27N5O3. The van der Waals surface area contributed by atoms with Crippen LogP contribution in [0.25, 0.3) is 33.7 Å². The zero-order valence-electron chi connectivity index (χ0n) is 18.8. The van der Waals surface area contributed by atoms with Gasteiger partial charge in [0, 0.05) is 40.9 Å². The topological polar surface area (TPSA) is 107 Å². The number of fused-ring (bicyclic) bond motifs is 3. The number of aromatic amines is 1. The Balaban J connectivity index is 1.52. The van der Waals surface area contributed by atoms with E-state index in [1.165, 1.54) is 0 Å². The molecule has 3 N–H and O–H groups in total. The number of carboxylic acids is 1. The molecule has 1 unspecified atom stereocenters. The molecule has 4 aromatic rings. The molecule has 8 heteroatoms. The third kappa shape index (κ3) is 3.87. The van der Waals surface area contributed by atoms with E-state index in [-0.39, 0.29) is 12.5 Å². The second kappa shape index (κ2) is 8.71. The number of aromatic nitrogens is 3. The third-order valence-electron chi connectivity index (χ3n) is 6.35. The Morgan fingerprint density at radius 2 is 2.03 bits per heavy atom. The summed E-state index contributed by atoms with van der Waals surface area (Å²) in [6.45, 7) is 6.78. The molecule has 0 fully saturated rings. The van der Waals surface area contributed by atoms with Crippen LogP contribution >= 0.6 is 0 Å². The number of nitrogens with one attached hydrogen (secondary N) is 2. The first-order valence-electron chi connectivity index (χ1n) is 11.4. The Morgan fingerprint density at radius 3 is 2.82 bits per heavy atom. The van der Waals surface area contributed by atoms with Crippen molar-refractivity contribution < 1.29 is 14.4 Å². The monoisotopic (exact) mass is 445 g/mol. The number of benzene rings is 2. The first kappa shape index (κ1) is 21.2. The summed E-state index contributed by atoms with van der Waals surface area (Å²) in [6, 6.07) is 13.9. The van der Waals surface area contributed by atoms with Crippen molar-refractivity contribution in [1.29, 1.82) is 0 Å². The van der Waals surface area contributed by atoms with Gasteiger partial charge < -0.3 is 24.8 Å². The minimum absolute atomic E-state index is 0.0484. The lowest BCUT2D eigenvalue weighted by Gasteiger charge is -2.22. The molecule has 3 heterocycles. The van der Waals surface area contributed by atoms with Crippen LogP contribution in [0.1, 0.15) is 37.6 Å². The molecule has 1 atom stereocenters. The van der Waals surface area contributed by atoms with Gasteiger partial charge >= 0.3 is 5.97 Å². The van der Waals surface area contributed by atoms with E-state index in [1.54, 1.807) is 0 Å². The highest BCUT2D eigenvalue weighted by atomic mass is 16.5. The van der Waals surface area contributed by atoms with Crippen LogP contribution in [0.5, 0.6) is 0 Å². The van der Waals surface area contributed by atoms with Crippen molar-refractivity contribution in [1.82, 2.24) is 20.4 Å². The number of rotatable bonds is 7. The fraction of sp³-hybridized carbons (Fsp3) is 0.320. The second-order valence-corrected chi connectivity index (χ2v) is 8.24. The molecule has 0 radical (unpaired) electrons. The maximum atomic E-state index is 11.3. The number of anilines is 1. The molecule has 0 aliphatic carbocycles. The summed E-state index contributed by atoms with van der Waals surface area (Å²) >= 11 is 0. The molecular weight excluding hydrogens is 418 g/mol. The van der Waals surface area contributed by atoms with E-state index in [0.29, 0.717) is 11.7 Å². The molecule has 0 spiro atoms. The van der Waals surface area contributed by atoms with Crippen molar-refractivity contribution in [2.75, 3.05) is 24.5 Å². The van der Waals surface area contributed by atoms with Crippen LogP contribution < -0.4 is 10.2 Å². The molecule has 0 amide bonds. The number of H-pyrrole nitrogens is 1. The van der Waals surface area contributed by atoms with Gasteiger partial charge in [-0.25, -0.2) is 0 Å². The molecule has 5 rings (SSSR count). The van der Waals surface area contributed by atoms with Crippen molar-refractivity contribution in [3.8, 4) is 22.8 Å². The maximum Gasteiger partial charge on any atom is 0.305 e. The lowest BCUT2D eigenvalue weighted by Crippen LogP contribution is -2.31. The lowest BCUT2D eigenvalue weighted by atomic mass is 9.97. The quantitative estimate of drug-likeness (QED) is 0.387. The molecule has 33 heavy (non-hydrogen) atoms. The molecule has 1 aliphatic heterocycles. The highest BCUT2D eigenvalue weighted by Gasteiger charge is 2.26. The molecule has 0 bridgehead atoms. The normalized spacial score (nSPS) is 15.5. The van der Waals surface area contributed by atoms with E-state index in [0.717, 1.165) is 65.0 Å². The van der Waals surface area contributed by atoms with Gasteiger partial charge in [0.1, 0.15) is 0 Å². The highest BCUT2D eigenvalue weighted by molar-refractivity contribution is 5.89. The van der Waals surface area contributed by atoms with E-state index in [2.05, 4.69) is 46.3 Å². The number of hydrogen-bond acceptors (Lipinski definition) is 6. The Hall–Kier alpha value is -3.65. The van der Waals surface area contributed by atoms with Crippen LogP contribution in [-0.2, 0) is 11.2 Å². The van der Waals surface area contributed by atoms with Gasteiger partial charge in [0.25, 0.3) is 5.89 Å². The van der Waals surface area contributed by atoms with Crippen molar-refractivity contribution in [3.05, 3.63) is 53.7 Å². The number of para-hydroxylation sites is 1. The Bertz CT molecular complexity index is 1300. The first-order valence-corrected chi connectivity index (χ1v) is 11.4. The number of nitrogens with zero attached hydrogens (tertiary/aromatic N) is 3. The molecule has 2 aromatic heterocycles. The molecule has 1 aliphatic rings. The summed E-state index contributed by atoms with van der Waals surface area (Å²) in [7, 11) is 0. The van der Waals surface area contributed by atoms with Crippen LogP contribution in [0.2, 0.25) is 0 Å². The maximum absolute atomic E-state index is 11.3. The van der Waals surface area contributed by atoms with Gasteiger partial charge in [0.15, 0.2) is 0 Å². The summed E-state index contributed by atoms with van der Waals surface area (Å²) < 4.78 is 5.68. The average molecular weight is 446 g/mol. The van der Waals surface area contributed by atoms with E-state index in [4.69, 9.17) is 9.51 Å². The van der Waals surface area contributed by atoms with Gasteiger partial charge in [-0.2, -0.15) is 4.98 Å². The smallest absolute Gasteiger partial charge is 0.305 e. The van der Waals surface area contributed by atoms with E-state index < -0.39 is 5.97 Å². The SMILES string of the molecule is CCN(CC)c1ccccc1-c1nc(-c2ccc3[nH]c4c(c3c2)CCNC4CC(=O)O)no1. The fourth-order valence-corrected chi connectivity index (χ4v) is 4.74. The van der Waals surface area contributed by atoms with Gasteiger partial charge in [-0.15, -0.1) is 0 Å². The standard InChI is InChI=1S/C25H27N5O3/c1-3-30(4-2)21-8-6-5-7-17(21)25-28-24(29-33-25)15-9-10-19-18(13-15)16-11-12-26-20(14-22(31)32)23(16)27-19/h5-10,13,20,26-27H,3-4,11-12,14H2,1-2H3,(H,31,32). The predicted molar refractivity (Wildman–Crippen MR) is 127 cm³/mol. The van der Waals surface area contributed by atoms with Crippen LogP contribution in [0, 0.1) is 0 Å². The molecule has 2 aromatic carbocycles. The zero-order valence-corrected chi connectivity index (χ0v) is 18.8. The van der Waals surface area contributed by atoms with Gasteiger partial charge in [0.2, 0.25) is 5.82 Å². The summed E-state index contributed by atoms with van der Waals surface area (Å²) in [5, 5.41) is 17.9. The molecule has 170 valence electrons.